The Labute approximate surface area is 189 Å². The van der Waals surface area contributed by atoms with Gasteiger partial charge in [0, 0.05) is 5.56 Å². The van der Waals surface area contributed by atoms with Gasteiger partial charge in [0.05, 0.1) is 0 Å². The van der Waals surface area contributed by atoms with Crippen LogP contribution in [0.4, 0.5) is 0 Å². The molecule has 0 aliphatic carbocycles. The molecule has 0 aromatic heterocycles. The highest BCUT2D eigenvalue weighted by Crippen LogP contribution is 2.42. The molecule has 0 saturated heterocycles. The Bertz CT molecular complexity index is 840. The second-order valence-electron chi connectivity index (χ2n) is 9.75. The van der Waals surface area contributed by atoms with Gasteiger partial charge in [-0.25, -0.2) is 5.26 Å². The Kier molecular flexibility index (Phi) is 9.43. The van der Waals surface area contributed by atoms with Crippen molar-refractivity contribution in [1.29, 1.82) is 0 Å². The molecule has 1 N–H and O–H groups in total. The van der Waals surface area contributed by atoms with Crippen LogP contribution >= 0.6 is 0 Å². The van der Waals surface area contributed by atoms with Gasteiger partial charge < -0.3 is 9.62 Å². The summed E-state index contributed by atoms with van der Waals surface area (Å²) in [6.45, 7) is 15.0. The van der Waals surface area contributed by atoms with Gasteiger partial charge >= 0.3 is 0 Å². The first-order chi connectivity index (χ1) is 14.6. The molecular weight excluding hydrogens is 384 g/mol. The van der Waals surface area contributed by atoms with E-state index >= 15 is 0 Å². The lowest BCUT2D eigenvalue weighted by Crippen LogP contribution is -2.36. The van der Waals surface area contributed by atoms with Crippen molar-refractivity contribution in [2.75, 3.05) is 0 Å². The summed E-state index contributed by atoms with van der Waals surface area (Å²) in [5.41, 5.74) is 7.33. The molecule has 0 amide bonds. The van der Waals surface area contributed by atoms with Crippen molar-refractivity contribution in [2.24, 2.45) is 0 Å². The fraction of sp³-hybridized carbons (Fsp3) is 0.571. The molecule has 2 rings (SSSR count). The summed E-state index contributed by atoms with van der Waals surface area (Å²) in [5.74, 6) is 1.50. The van der Waals surface area contributed by atoms with Gasteiger partial charge in [-0.15, -0.1) is 0 Å². The average Bonchev–Trinajstić information content (AvgIpc) is 2.71. The van der Waals surface area contributed by atoms with Crippen LogP contribution in [0.25, 0.3) is 0 Å². The summed E-state index contributed by atoms with van der Waals surface area (Å²) in [6, 6.07) is 1.91. The van der Waals surface area contributed by atoms with E-state index in [2.05, 4.69) is 57.7 Å². The molecule has 0 saturated carbocycles. The van der Waals surface area contributed by atoms with Crippen molar-refractivity contribution in [2.45, 2.75) is 105 Å². The highest BCUT2D eigenvalue weighted by Gasteiger charge is 2.32. The van der Waals surface area contributed by atoms with E-state index in [1.807, 2.05) is 19.9 Å². The molecule has 1 aromatic rings. The molecule has 0 spiro atoms. The minimum atomic E-state index is -0.149. The van der Waals surface area contributed by atoms with Crippen LogP contribution in [0, 0.1) is 13.8 Å². The summed E-state index contributed by atoms with van der Waals surface area (Å²) in [6.07, 6.45) is 15.6. The van der Waals surface area contributed by atoms with Crippen LogP contribution in [0.5, 0.6) is 11.5 Å². The fourth-order valence-corrected chi connectivity index (χ4v) is 4.19. The second-order valence-corrected chi connectivity index (χ2v) is 9.75. The molecule has 1 aliphatic rings. The molecule has 31 heavy (non-hydrogen) atoms. The molecule has 1 atom stereocenters. The maximum absolute atomic E-state index is 9.11. The fourth-order valence-electron chi connectivity index (χ4n) is 4.19. The maximum Gasteiger partial charge on any atom is 0.168 e. The minimum absolute atomic E-state index is 0.149. The molecule has 1 heterocycles. The molecule has 0 radical (unpaired) electrons. The topological polar surface area (TPSA) is 38.7 Å². The molecule has 1 aromatic carbocycles. The summed E-state index contributed by atoms with van der Waals surface area (Å²) in [4.78, 5) is 4.54. The van der Waals surface area contributed by atoms with Gasteiger partial charge in [-0.1, -0.05) is 34.9 Å². The number of benzene rings is 1. The SMILES string of the molecule is CC(C)=CCC/C(C)=C/CC/C(C)=C/CCC1(C)CCc2cc(OO)c(C)c(C)c2O1. The predicted molar refractivity (Wildman–Crippen MR) is 131 cm³/mol. The standard InChI is InChI=1S/C28H42O3/c1-20(2)11-8-12-21(3)13-9-14-22(4)15-10-17-28(7)18-16-25-19-26(31-29)23(5)24(6)27(25)30-28/h11,13,15,19,29H,8-10,12,14,16-18H2,1-7H3/b21-13+,22-15+. The third kappa shape index (κ3) is 7.57. The predicted octanol–water partition coefficient (Wildman–Crippen LogP) is 8.44. The van der Waals surface area contributed by atoms with E-state index in [1.165, 1.54) is 16.7 Å². The van der Waals surface area contributed by atoms with Gasteiger partial charge in [0.1, 0.15) is 11.4 Å². The van der Waals surface area contributed by atoms with E-state index < -0.39 is 0 Å². The third-order valence-corrected chi connectivity index (χ3v) is 6.53. The second kappa shape index (κ2) is 11.6. The summed E-state index contributed by atoms with van der Waals surface area (Å²) in [5, 5.41) is 9.11. The number of hydrogen-bond donors (Lipinski definition) is 1. The summed E-state index contributed by atoms with van der Waals surface area (Å²) in [7, 11) is 0. The van der Waals surface area contributed by atoms with Crippen molar-refractivity contribution in [1.82, 2.24) is 0 Å². The first-order valence-corrected chi connectivity index (χ1v) is 11.7. The van der Waals surface area contributed by atoms with Crippen LogP contribution in [-0.4, -0.2) is 10.9 Å². The van der Waals surface area contributed by atoms with E-state index in [-0.39, 0.29) is 5.60 Å². The first-order valence-electron chi connectivity index (χ1n) is 11.7. The molecule has 0 fully saturated rings. The van der Waals surface area contributed by atoms with Crippen molar-refractivity contribution < 1.29 is 14.9 Å². The van der Waals surface area contributed by atoms with Gasteiger partial charge in [-0.3, -0.25) is 0 Å². The Hall–Kier alpha value is -2.00. The molecule has 1 aliphatic heterocycles. The summed E-state index contributed by atoms with van der Waals surface area (Å²) >= 11 is 0. The molecule has 0 bridgehead atoms. The van der Waals surface area contributed by atoms with Crippen molar-refractivity contribution >= 4 is 0 Å². The van der Waals surface area contributed by atoms with Gasteiger partial charge in [-0.2, -0.15) is 0 Å². The lowest BCUT2D eigenvalue weighted by Gasteiger charge is -2.37. The highest BCUT2D eigenvalue weighted by atomic mass is 17.1. The van der Waals surface area contributed by atoms with E-state index in [1.54, 1.807) is 0 Å². The van der Waals surface area contributed by atoms with Gasteiger partial charge in [0.15, 0.2) is 5.75 Å². The van der Waals surface area contributed by atoms with Crippen molar-refractivity contribution in [3.05, 3.63) is 57.7 Å². The van der Waals surface area contributed by atoms with Crippen LogP contribution < -0.4 is 9.62 Å². The largest absolute Gasteiger partial charge is 0.487 e. The van der Waals surface area contributed by atoms with Crippen LogP contribution in [0.15, 0.2) is 41.0 Å². The van der Waals surface area contributed by atoms with Gasteiger partial charge in [0.2, 0.25) is 0 Å². The first kappa shape index (κ1) is 25.3. The summed E-state index contributed by atoms with van der Waals surface area (Å²) < 4.78 is 6.50. The molecule has 1 unspecified atom stereocenters. The minimum Gasteiger partial charge on any atom is -0.487 e. The Morgan fingerprint density at radius 2 is 1.61 bits per heavy atom. The quantitative estimate of drug-likeness (QED) is 0.232. The third-order valence-electron chi connectivity index (χ3n) is 6.53. The lowest BCUT2D eigenvalue weighted by atomic mass is 9.87. The lowest BCUT2D eigenvalue weighted by molar-refractivity contribution is -0.138. The van der Waals surface area contributed by atoms with Crippen molar-refractivity contribution in [3.63, 3.8) is 0 Å². The molecule has 3 nitrogen and oxygen atoms in total. The Morgan fingerprint density at radius 1 is 1.00 bits per heavy atom. The number of hydrogen-bond acceptors (Lipinski definition) is 3. The zero-order valence-corrected chi connectivity index (χ0v) is 20.7. The number of fused-ring (bicyclic) bond motifs is 1. The van der Waals surface area contributed by atoms with Crippen LogP contribution in [0.3, 0.4) is 0 Å². The maximum atomic E-state index is 9.11. The number of aryl methyl sites for hydroxylation is 1. The zero-order chi connectivity index (χ0) is 23.0. The highest BCUT2D eigenvalue weighted by molar-refractivity contribution is 5.53. The van der Waals surface area contributed by atoms with Gasteiger partial charge in [-0.05, 0) is 117 Å². The normalized spacial score (nSPS) is 19.0. The van der Waals surface area contributed by atoms with Crippen LogP contribution in [-0.2, 0) is 6.42 Å². The van der Waals surface area contributed by atoms with E-state index in [9.17, 15) is 0 Å². The monoisotopic (exact) mass is 426 g/mol. The van der Waals surface area contributed by atoms with Crippen LogP contribution in [0.2, 0.25) is 0 Å². The average molecular weight is 427 g/mol. The smallest absolute Gasteiger partial charge is 0.168 e. The van der Waals surface area contributed by atoms with Crippen molar-refractivity contribution in [3.8, 4) is 11.5 Å². The zero-order valence-electron chi connectivity index (χ0n) is 20.7. The van der Waals surface area contributed by atoms with Gasteiger partial charge in [0.25, 0.3) is 0 Å². The molecule has 172 valence electrons. The number of ether oxygens (including phenoxy) is 1. The van der Waals surface area contributed by atoms with E-state index in [4.69, 9.17) is 9.99 Å². The number of allylic oxidation sites excluding steroid dienone is 6. The van der Waals surface area contributed by atoms with E-state index in [0.717, 1.165) is 73.8 Å². The van der Waals surface area contributed by atoms with E-state index in [0.29, 0.717) is 5.75 Å². The number of rotatable bonds is 10. The van der Waals surface area contributed by atoms with Crippen LogP contribution in [0.1, 0.15) is 96.3 Å². The molecular formula is C28H42O3. The Balaban J connectivity index is 1.85. The Morgan fingerprint density at radius 3 is 2.23 bits per heavy atom. The molecule has 3 heteroatoms.